The highest BCUT2D eigenvalue weighted by atomic mass is 19.1. The molecule has 0 unspecified atom stereocenters. The Morgan fingerprint density at radius 3 is 2.62 bits per heavy atom. The minimum absolute atomic E-state index is 0.0231. The second-order valence-corrected chi connectivity index (χ2v) is 4.71. The summed E-state index contributed by atoms with van der Waals surface area (Å²) in [6.45, 7) is 1.77. The Kier molecular flexibility index (Phi) is 4.33. The number of amides is 1. The van der Waals surface area contributed by atoms with Crippen LogP contribution in [0.1, 0.15) is 21.5 Å². The number of aryl methyl sites for hydroxylation is 1. The number of hydrogen-bond acceptors (Lipinski definition) is 2. The Labute approximate surface area is 121 Å². The first-order valence-electron chi connectivity index (χ1n) is 6.34. The molecule has 0 fully saturated rings. The molecule has 21 heavy (non-hydrogen) atoms. The lowest BCUT2D eigenvalue weighted by atomic mass is 10.1. The van der Waals surface area contributed by atoms with E-state index in [2.05, 4.69) is 5.32 Å². The van der Waals surface area contributed by atoms with Crippen LogP contribution in [0.4, 0.5) is 10.1 Å². The lowest BCUT2D eigenvalue weighted by Gasteiger charge is -2.09. The van der Waals surface area contributed by atoms with Crippen LogP contribution in [-0.2, 0) is 11.2 Å². The Balaban J connectivity index is 2.15. The lowest BCUT2D eigenvalue weighted by Crippen LogP contribution is -2.17. The molecule has 0 aliphatic carbocycles. The minimum Gasteiger partial charge on any atom is -0.478 e. The van der Waals surface area contributed by atoms with Gasteiger partial charge in [0.25, 0.3) is 0 Å². The van der Waals surface area contributed by atoms with E-state index in [1.165, 1.54) is 24.3 Å². The van der Waals surface area contributed by atoms with Gasteiger partial charge in [-0.25, -0.2) is 9.18 Å². The molecule has 1 amide bonds. The maximum atomic E-state index is 13.0. The van der Waals surface area contributed by atoms with Gasteiger partial charge in [0.15, 0.2) is 0 Å². The van der Waals surface area contributed by atoms with Crippen molar-refractivity contribution in [2.45, 2.75) is 13.3 Å². The van der Waals surface area contributed by atoms with Crippen LogP contribution in [0.3, 0.4) is 0 Å². The Hall–Kier alpha value is -2.69. The van der Waals surface area contributed by atoms with E-state index in [9.17, 15) is 14.0 Å². The summed E-state index contributed by atoms with van der Waals surface area (Å²) >= 11 is 0. The van der Waals surface area contributed by atoms with E-state index < -0.39 is 17.7 Å². The van der Waals surface area contributed by atoms with Crippen LogP contribution < -0.4 is 5.32 Å². The van der Waals surface area contributed by atoms with E-state index >= 15 is 0 Å². The molecule has 2 rings (SSSR count). The van der Waals surface area contributed by atoms with Gasteiger partial charge in [-0.15, -0.1) is 0 Å². The van der Waals surface area contributed by atoms with Crippen molar-refractivity contribution in [3.05, 3.63) is 65.0 Å². The topological polar surface area (TPSA) is 66.4 Å². The normalized spacial score (nSPS) is 10.2. The van der Waals surface area contributed by atoms with Gasteiger partial charge in [-0.2, -0.15) is 0 Å². The molecule has 5 heteroatoms. The zero-order valence-corrected chi connectivity index (χ0v) is 11.4. The molecule has 0 spiro atoms. The highest BCUT2D eigenvalue weighted by molar-refractivity contribution is 6.01. The Morgan fingerprint density at radius 1 is 1.19 bits per heavy atom. The summed E-state index contributed by atoms with van der Waals surface area (Å²) in [6, 6.07) is 10.5. The zero-order chi connectivity index (χ0) is 15.4. The Bertz CT molecular complexity index is 698. The van der Waals surface area contributed by atoms with Crippen LogP contribution in [0.25, 0.3) is 0 Å². The third-order valence-corrected chi connectivity index (χ3v) is 2.93. The molecule has 0 aliphatic heterocycles. The van der Waals surface area contributed by atoms with E-state index in [0.29, 0.717) is 5.56 Å². The van der Waals surface area contributed by atoms with Crippen LogP contribution in [0.15, 0.2) is 42.5 Å². The fourth-order valence-electron chi connectivity index (χ4n) is 1.97. The average molecular weight is 287 g/mol. The fraction of sp³-hybridized carbons (Fsp3) is 0.125. The van der Waals surface area contributed by atoms with E-state index in [1.54, 1.807) is 25.1 Å². The molecule has 0 aliphatic rings. The second kappa shape index (κ2) is 6.17. The van der Waals surface area contributed by atoms with Gasteiger partial charge in [-0.05, 0) is 36.8 Å². The molecule has 108 valence electrons. The van der Waals surface area contributed by atoms with Gasteiger partial charge in [0, 0.05) is 0 Å². The Morgan fingerprint density at radius 2 is 1.95 bits per heavy atom. The van der Waals surface area contributed by atoms with Gasteiger partial charge in [-0.1, -0.05) is 23.8 Å². The van der Waals surface area contributed by atoms with Crippen molar-refractivity contribution in [3.63, 3.8) is 0 Å². The number of aromatic carboxylic acids is 1. The standard InChI is InChI=1S/C16H14FNO3/c1-10-5-6-14(13(7-10)16(20)21)18-15(19)9-11-3-2-4-12(17)8-11/h2-8H,9H2,1H3,(H,18,19)(H,20,21). The second-order valence-electron chi connectivity index (χ2n) is 4.71. The number of carbonyl (C=O) groups excluding carboxylic acids is 1. The predicted octanol–water partition coefficient (Wildman–Crippen LogP) is 3.01. The number of rotatable bonds is 4. The lowest BCUT2D eigenvalue weighted by molar-refractivity contribution is -0.115. The van der Waals surface area contributed by atoms with Crippen molar-refractivity contribution in [1.29, 1.82) is 0 Å². The van der Waals surface area contributed by atoms with Gasteiger partial charge < -0.3 is 10.4 Å². The van der Waals surface area contributed by atoms with Crippen LogP contribution in [-0.4, -0.2) is 17.0 Å². The van der Waals surface area contributed by atoms with Crippen molar-refractivity contribution in [2.24, 2.45) is 0 Å². The smallest absolute Gasteiger partial charge is 0.337 e. The molecule has 0 saturated carbocycles. The number of carbonyl (C=O) groups is 2. The van der Waals surface area contributed by atoms with Crippen LogP contribution in [0.5, 0.6) is 0 Å². The summed E-state index contributed by atoms with van der Waals surface area (Å²) in [6.07, 6.45) is -0.0231. The first kappa shape index (κ1) is 14.7. The summed E-state index contributed by atoms with van der Waals surface area (Å²) in [4.78, 5) is 23.1. The van der Waals surface area contributed by atoms with Crippen molar-refractivity contribution >= 4 is 17.6 Å². The molecule has 2 N–H and O–H groups in total. The minimum atomic E-state index is -1.11. The fourth-order valence-corrected chi connectivity index (χ4v) is 1.97. The predicted molar refractivity (Wildman–Crippen MR) is 76.9 cm³/mol. The first-order chi connectivity index (χ1) is 9.95. The van der Waals surface area contributed by atoms with Crippen molar-refractivity contribution in [2.75, 3.05) is 5.32 Å². The number of halogens is 1. The van der Waals surface area contributed by atoms with Crippen LogP contribution in [0, 0.1) is 12.7 Å². The third kappa shape index (κ3) is 3.89. The molecule has 0 aromatic heterocycles. The molecule has 0 bridgehead atoms. The summed E-state index contributed by atoms with van der Waals surface area (Å²) in [5.41, 5.74) is 1.57. The van der Waals surface area contributed by atoms with Gasteiger partial charge >= 0.3 is 5.97 Å². The molecule has 0 radical (unpaired) electrons. The largest absolute Gasteiger partial charge is 0.478 e. The number of carboxylic acid groups (broad SMARTS) is 1. The molecule has 0 heterocycles. The van der Waals surface area contributed by atoms with Gasteiger partial charge in [-0.3, -0.25) is 4.79 Å². The highest BCUT2D eigenvalue weighted by Gasteiger charge is 2.13. The zero-order valence-electron chi connectivity index (χ0n) is 11.4. The molecule has 0 saturated heterocycles. The van der Waals surface area contributed by atoms with Crippen molar-refractivity contribution in [1.82, 2.24) is 0 Å². The van der Waals surface area contributed by atoms with E-state index in [-0.39, 0.29) is 17.7 Å². The first-order valence-corrected chi connectivity index (χ1v) is 6.34. The van der Waals surface area contributed by atoms with E-state index in [4.69, 9.17) is 5.11 Å². The molecule has 0 atom stereocenters. The number of anilines is 1. The summed E-state index contributed by atoms with van der Waals surface area (Å²) in [7, 11) is 0. The maximum absolute atomic E-state index is 13.0. The number of benzene rings is 2. The summed E-state index contributed by atoms with van der Waals surface area (Å²) in [5.74, 6) is -1.92. The molecule has 2 aromatic rings. The molecular formula is C16H14FNO3. The highest BCUT2D eigenvalue weighted by Crippen LogP contribution is 2.18. The quantitative estimate of drug-likeness (QED) is 0.908. The van der Waals surface area contributed by atoms with Gasteiger partial charge in [0.2, 0.25) is 5.91 Å². The van der Waals surface area contributed by atoms with Crippen LogP contribution >= 0.6 is 0 Å². The molecule has 2 aromatic carbocycles. The van der Waals surface area contributed by atoms with Crippen molar-refractivity contribution in [3.8, 4) is 0 Å². The van der Waals surface area contributed by atoms with E-state index in [0.717, 1.165) is 5.56 Å². The maximum Gasteiger partial charge on any atom is 0.337 e. The van der Waals surface area contributed by atoms with Crippen LogP contribution in [0.2, 0.25) is 0 Å². The van der Waals surface area contributed by atoms with Gasteiger partial charge in [0.1, 0.15) is 5.82 Å². The van der Waals surface area contributed by atoms with Crippen molar-refractivity contribution < 1.29 is 19.1 Å². The summed E-state index contributed by atoms with van der Waals surface area (Å²) < 4.78 is 13.0. The van der Waals surface area contributed by atoms with Gasteiger partial charge in [0.05, 0.1) is 17.7 Å². The molecular weight excluding hydrogens is 273 g/mol. The summed E-state index contributed by atoms with van der Waals surface area (Å²) in [5, 5.41) is 11.7. The van der Waals surface area contributed by atoms with E-state index in [1.807, 2.05) is 0 Å². The average Bonchev–Trinajstić information content (AvgIpc) is 2.40. The monoisotopic (exact) mass is 287 g/mol. The third-order valence-electron chi connectivity index (χ3n) is 2.93. The number of hydrogen-bond donors (Lipinski definition) is 2. The molecule has 4 nitrogen and oxygen atoms in total. The SMILES string of the molecule is Cc1ccc(NC(=O)Cc2cccc(F)c2)c(C(=O)O)c1. The number of carboxylic acids is 1. The number of nitrogens with one attached hydrogen (secondary N) is 1.